The normalized spacial score (nSPS) is 14.4. The third-order valence-electron chi connectivity index (χ3n) is 2.94. The number of aromatic nitrogens is 2. The topological polar surface area (TPSA) is 40.7 Å². The molecule has 0 spiro atoms. The molecule has 18 heavy (non-hydrogen) atoms. The van der Waals surface area contributed by atoms with Crippen molar-refractivity contribution in [2.24, 2.45) is 0 Å². The van der Waals surface area contributed by atoms with Gasteiger partial charge in [-0.15, -0.1) is 0 Å². The number of rotatable bonds is 4. The summed E-state index contributed by atoms with van der Waals surface area (Å²) in [7, 11) is 0. The highest BCUT2D eigenvalue weighted by Gasteiger charge is 2.15. The number of hydrogen-bond acceptors (Lipinski definition) is 2. The second-order valence-electron chi connectivity index (χ2n) is 4.31. The second-order valence-corrected chi connectivity index (χ2v) is 4.31. The Hall–Kier alpha value is -1.75. The van der Waals surface area contributed by atoms with E-state index in [9.17, 15) is 8.78 Å². The SMILES string of the molecule is CC(NC(C)c1cc(F)ccc1F)c1cn[nH]c1. The first-order valence-electron chi connectivity index (χ1n) is 5.77. The molecule has 0 bridgehead atoms. The average molecular weight is 251 g/mol. The molecule has 2 unspecified atom stereocenters. The van der Waals surface area contributed by atoms with Gasteiger partial charge >= 0.3 is 0 Å². The van der Waals surface area contributed by atoms with Gasteiger partial charge in [0.1, 0.15) is 11.6 Å². The van der Waals surface area contributed by atoms with E-state index in [0.717, 1.165) is 17.7 Å². The molecule has 0 amide bonds. The van der Waals surface area contributed by atoms with Crippen LogP contribution in [-0.4, -0.2) is 10.2 Å². The lowest BCUT2D eigenvalue weighted by molar-refractivity contribution is 0.470. The summed E-state index contributed by atoms with van der Waals surface area (Å²) >= 11 is 0. The maximum Gasteiger partial charge on any atom is 0.128 e. The molecule has 2 aromatic rings. The van der Waals surface area contributed by atoms with Gasteiger partial charge in [-0.3, -0.25) is 5.10 Å². The summed E-state index contributed by atoms with van der Waals surface area (Å²) in [6, 6.07) is 3.19. The Labute approximate surface area is 104 Å². The Morgan fingerprint density at radius 1 is 1.22 bits per heavy atom. The Morgan fingerprint density at radius 3 is 2.67 bits per heavy atom. The zero-order valence-electron chi connectivity index (χ0n) is 10.2. The number of aromatic amines is 1. The number of hydrogen-bond donors (Lipinski definition) is 2. The standard InChI is InChI=1S/C13H15F2N3/c1-8(10-6-16-17-7-10)18-9(2)12-5-11(14)3-4-13(12)15/h3-9,18H,1-2H3,(H,16,17). The highest BCUT2D eigenvalue weighted by Crippen LogP contribution is 2.21. The molecule has 0 radical (unpaired) electrons. The van der Waals surface area contributed by atoms with E-state index in [-0.39, 0.29) is 12.1 Å². The van der Waals surface area contributed by atoms with Gasteiger partial charge in [0.15, 0.2) is 0 Å². The highest BCUT2D eigenvalue weighted by atomic mass is 19.1. The first kappa shape index (κ1) is 12.7. The van der Waals surface area contributed by atoms with Crippen molar-refractivity contribution in [2.45, 2.75) is 25.9 Å². The third-order valence-corrected chi connectivity index (χ3v) is 2.94. The van der Waals surface area contributed by atoms with Crippen LogP contribution in [0.2, 0.25) is 0 Å². The van der Waals surface area contributed by atoms with Crippen LogP contribution in [0, 0.1) is 11.6 Å². The minimum atomic E-state index is -0.434. The van der Waals surface area contributed by atoms with Gasteiger partial charge in [0.2, 0.25) is 0 Å². The number of benzene rings is 1. The molecule has 1 aromatic carbocycles. The minimum absolute atomic E-state index is 0.00131. The van der Waals surface area contributed by atoms with Crippen molar-refractivity contribution >= 4 is 0 Å². The van der Waals surface area contributed by atoms with Gasteiger partial charge in [0.05, 0.1) is 6.20 Å². The smallest absolute Gasteiger partial charge is 0.128 e. The third kappa shape index (κ3) is 2.73. The van der Waals surface area contributed by atoms with Crippen LogP contribution < -0.4 is 5.32 Å². The van der Waals surface area contributed by atoms with E-state index in [1.165, 1.54) is 6.07 Å². The fourth-order valence-electron chi connectivity index (χ4n) is 1.91. The molecule has 0 aliphatic rings. The fraction of sp³-hybridized carbons (Fsp3) is 0.308. The number of nitrogens with one attached hydrogen (secondary N) is 2. The van der Waals surface area contributed by atoms with Crippen LogP contribution >= 0.6 is 0 Å². The summed E-state index contributed by atoms with van der Waals surface area (Å²) in [5.41, 5.74) is 1.30. The largest absolute Gasteiger partial charge is 0.303 e. The summed E-state index contributed by atoms with van der Waals surface area (Å²) in [4.78, 5) is 0. The fourth-order valence-corrected chi connectivity index (χ4v) is 1.91. The molecule has 0 aliphatic carbocycles. The van der Waals surface area contributed by atoms with E-state index < -0.39 is 11.6 Å². The van der Waals surface area contributed by atoms with Gasteiger partial charge in [-0.1, -0.05) is 0 Å². The van der Waals surface area contributed by atoms with Gasteiger partial charge in [0.25, 0.3) is 0 Å². The summed E-state index contributed by atoms with van der Waals surface area (Å²) in [6.07, 6.45) is 3.47. The minimum Gasteiger partial charge on any atom is -0.303 e. The summed E-state index contributed by atoms with van der Waals surface area (Å²) in [5.74, 6) is -0.841. The lowest BCUT2D eigenvalue weighted by atomic mass is 10.1. The summed E-state index contributed by atoms with van der Waals surface area (Å²) in [6.45, 7) is 3.74. The predicted octanol–water partition coefficient (Wildman–Crippen LogP) is 3.10. The van der Waals surface area contributed by atoms with Crippen molar-refractivity contribution in [3.05, 3.63) is 53.4 Å². The van der Waals surface area contributed by atoms with Gasteiger partial charge in [-0.2, -0.15) is 5.10 Å². The predicted molar refractivity (Wildman–Crippen MR) is 64.9 cm³/mol. The molecule has 96 valence electrons. The summed E-state index contributed by atoms with van der Waals surface area (Å²) in [5, 5.41) is 9.78. The Morgan fingerprint density at radius 2 is 2.00 bits per heavy atom. The van der Waals surface area contributed by atoms with Crippen molar-refractivity contribution in [3.8, 4) is 0 Å². The van der Waals surface area contributed by atoms with Crippen molar-refractivity contribution in [3.63, 3.8) is 0 Å². The molecule has 0 saturated carbocycles. The first-order valence-corrected chi connectivity index (χ1v) is 5.77. The van der Waals surface area contributed by atoms with Crippen LogP contribution in [-0.2, 0) is 0 Å². The zero-order valence-corrected chi connectivity index (χ0v) is 10.2. The lowest BCUT2D eigenvalue weighted by Crippen LogP contribution is -2.23. The van der Waals surface area contributed by atoms with Gasteiger partial charge < -0.3 is 5.32 Å². The van der Waals surface area contributed by atoms with Crippen molar-refractivity contribution < 1.29 is 8.78 Å². The van der Waals surface area contributed by atoms with Crippen LogP contribution in [0.5, 0.6) is 0 Å². The van der Waals surface area contributed by atoms with Crippen LogP contribution in [0.15, 0.2) is 30.6 Å². The number of nitrogens with zero attached hydrogens (tertiary/aromatic N) is 1. The van der Waals surface area contributed by atoms with Crippen LogP contribution in [0.1, 0.15) is 37.1 Å². The molecule has 2 rings (SSSR count). The van der Waals surface area contributed by atoms with E-state index >= 15 is 0 Å². The number of halogens is 2. The molecule has 2 atom stereocenters. The molecular weight excluding hydrogens is 236 g/mol. The molecule has 1 aromatic heterocycles. The van der Waals surface area contributed by atoms with E-state index in [4.69, 9.17) is 0 Å². The highest BCUT2D eigenvalue weighted by molar-refractivity contribution is 5.22. The maximum absolute atomic E-state index is 13.6. The monoisotopic (exact) mass is 251 g/mol. The van der Waals surface area contributed by atoms with Gasteiger partial charge in [-0.25, -0.2) is 8.78 Å². The molecule has 3 nitrogen and oxygen atoms in total. The molecule has 0 saturated heterocycles. The molecule has 1 heterocycles. The van der Waals surface area contributed by atoms with E-state index in [0.29, 0.717) is 5.56 Å². The Balaban J connectivity index is 2.12. The Bertz CT molecular complexity index is 511. The lowest BCUT2D eigenvalue weighted by Gasteiger charge is -2.20. The Kier molecular flexibility index (Phi) is 3.72. The average Bonchev–Trinajstić information content (AvgIpc) is 2.85. The van der Waals surface area contributed by atoms with Crippen molar-refractivity contribution in [2.75, 3.05) is 0 Å². The van der Waals surface area contributed by atoms with Gasteiger partial charge in [-0.05, 0) is 32.0 Å². The van der Waals surface area contributed by atoms with E-state index in [1.54, 1.807) is 19.3 Å². The molecule has 0 fully saturated rings. The first-order chi connectivity index (χ1) is 8.58. The van der Waals surface area contributed by atoms with Gasteiger partial charge in [0, 0.05) is 29.4 Å². The van der Waals surface area contributed by atoms with Crippen molar-refractivity contribution in [1.82, 2.24) is 15.5 Å². The van der Waals surface area contributed by atoms with Crippen LogP contribution in [0.25, 0.3) is 0 Å². The summed E-state index contributed by atoms with van der Waals surface area (Å²) < 4.78 is 26.7. The van der Waals surface area contributed by atoms with Crippen LogP contribution in [0.3, 0.4) is 0 Å². The molecule has 2 N–H and O–H groups in total. The second kappa shape index (κ2) is 5.27. The molecule has 5 heteroatoms. The maximum atomic E-state index is 13.6. The number of H-pyrrole nitrogens is 1. The zero-order chi connectivity index (χ0) is 13.1. The van der Waals surface area contributed by atoms with Crippen LogP contribution in [0.4, 0.5) is 8.78 Å². The quantitative estimate of drug-likeness (QED) is 0.876. The van der Waals surface area contributed by atoms with E-state index in [1.807, 2.05) is 6.92 Å². The molecule has 0 aliphatic heterocycles. The molecular formula is C13H15F2N3. The van der Waals surface area contributed by atoms with E-state index in [2.05, 4.69) is 15.5 Å². The van der Waals surface area contributed by atoms with Crippen molar-refractivity contribution in [1.29, 1.82) is 0 Å².